The second kappa shape index (κ2) is 13.7. The number of carbonyl (C=O) groups is 2. The molecule has 0 aliphatic rings. The maximum Gasteiger partial charge on any atom is 0.416 e. The summed E-state index contributed by atoms with van der Waals surface area (Å²) < 4.78 is 40.4. The fourth-order valence-electron chi connectivity index (χ4n) is 5.28. The highest BCUT2D eigenvalue weighted by molar-refractivity contribution is 5.96. The number of para-hydroxylation sites is 1. The van der Waals surface area contributed by atoms with Crippen LogP contribution in [0, 0.1) is 0 Å². The van der Waals surface area contributed by atoms with Crippen LogP contribution in [0.3, 0.4) is 0 Å². The number of aromatic nitrogens is 1. The number of hydrogen-bond donors (Lipinski definition) is 1. The molecule has 2 amide bonds. The Morgan fingerprint density at radius 3 is 2.13 bits per heavy atom. The third-order valence-electron chi connectivity index (χ3n) is 7.77. The Hall–Kier alpha value is -5.05. The van der Waals surface area contributed by atoms with Gasteiger partial charge >= 0.3 is 6.18 Å². The van der Waals surface area contributed by atoms with E-state index in [1.165, 1.54) is 17.0 Å². The molecule has 1 heterocycles. The summed E-state index contributed by atoms with van der Waals surface area (Å²) in [5, 5.41) is 1.07. The van der Waals surface area contributed by atoms with Crippen LogP contribution >= 0.6 is 0 Å². The van der Waals surface area contributed by atoms with Gasteiger partial charge in [0.1, 0.15) is 6.54 Å². The normalized spacial score (nSPS) is 11.4. The van der Waals surface area contributed by atoms with Crippen molar-refractivity contribution >= 4 is 28.4 Å². The van der Waals surface area contributed by atoms with Crippen LogP contribution in [-0.4, -0.2) is 53.8 Å². The molecule has 0 saturated carbocycles. The lowest BCUT2D eigenvalue weighted by Gasteiger charge is -2.28. The van der Waals surface area contributed by atoms with Gasteiger partial charge in [0.05, 0.1) is 5.56 Å². The Morgan fingerprint density at radius 1 is 0.756 bits per heavy atom. The number of benzene rings is 4. The molecule has 0 atom stereocenters. The molecule has 0 bridgehead atoms. The van der Waals surface area contributed by atoms with Gasteiger partial charge in [-0.25, -0.2) is 0 Å². The number of hydrogen-bond acceptors (Lipinski definition) is 3. The van der Waals surface area contributed by atoms with Gasteiger partial charge in [-0.1, -0.05) is 66.7 Å². The summed E-state index contributed by atoms with van der Waals surface area (Å²) in [6.07, 6.45) is -2.08. The zero-order valence-electron chi connectivity index (χ0n) is 25.2. The minimum Gasteiger partial charge on any atom is -0.378 e. The lowest BCUT2D eigenvalue weighted by atomic mass is 10.1. The number of fused-ring (bicyclic) bond motifs is 1. The van der Waals surface area contributed by atoms with Gasteiger partial charge in [0.2, 0.25) is 5.91 Å². The van der Waals surface area contributed by atoms with Gasteiger partial charge < -0.3 is 19.7 Å². The lowest BCUT2D eigenvalue weighted by molar-refractivity contribution is -0.137. The minimum absolute atomic E-state index is 0.0650. The van der Waals surface area contributed by atoms with E-state index in [0.29, 0.717) is 19.5 Å². The van der Waals surface area contributed by atoms with Crippen molar-refractivity contribution < 1.29 is 22.8 Å². The molecule has 0 unspecified atom stereocenters. The van der Waals surface area contributed by atoms with Gasteiger partial charge in [-0.05, 0) is 59.5 Å². The average molecular weight is 613 g/mol. The van der Waals surface area contributed by atoms with Crippen molar-refractivity contribution in [2.24, 2.45) is 0 Å². The monoisotopic (exact) mass is 612 g/mol. The summed E-state index contributed by atoms with van der Waals surface area (Å²) in [6, 6.07) is 29.3. The highest BCUT2D eigenvalue weighted by atomic mass is 19.4. The number of anilines is 1. The highest BCUT2D eigenvalue weighted by Crippen LogP contribution is 2.30. The van der Waals surface area contributed by atoms with Crippen LogP contribution < -0.4 is 4.90 Å². The van der Waals surface area contributed by atoms with Crippen LogP contribution in [0.2, 0.25) is 0 Å². The van der Waals surface area contributed by atoms with Crippen molar-refractivity contribution in [1.29, 1.82) is 0 Å². The SMILES string of the molecule is CN(C)c1ccc(CN(CCc2c[nH]c3ccccc23)C(=O)CN(Cc2ccccc2)C(=O)c2cccc(C(F)(F)F)c2)cc1. The molecule has 0 aliphatic carbocycles. The average Bonchev–Trinajstić information content (AvgIpc) is 3.45. The molecule has 6 nitrogen and oxygen atoms in total. The van der Waals surface area contributed by atoms with Gasteiger partial charge in [0.15, 0.2) is 0 Å². The maximum atomic E-state index is 14.0. The van der Waals surface area contributed by atoms with Crippen molar-refractivity contribution in [2.45, 2.75) is 25.7 Å². The van der Waals surface area contributed by atoms with Crippen molar-refractivity contribution in [3.8, 4) is 0 Å². The predicted octanol–water partition coefficient (Wildman–Crippen LogP) is 7.17. The molecule has 0 radical (unpaired) electrons. The fraction of sp³-hybridized carbons (Fsp3) is 0.222. The number of alkyl halides is 3. The van der Waals surface area contributed by atoms with E-state index in [0.717, 1.165) is 45.4 Å². The van der Waals surface area contributed by atoms with E-state index < -0.39 is 17.6 Å². The number of aromatic amines is 1. The van der Waals surface area contributed by atoms with E-state index in [4.69, 9.17) is 0 Å². The van der Waals surface area contributed by atoms with Crippen LogP contribution in [0.25, 0.3) is 10.9 Å². The Kier molecular flexibility index (Phi) is 9.56. The zero-order valence-corrected chi connectivity index (χ0v) is 25.2. The number of nitrogens with zero attached hydrogens (tertiary/aromatic N) is 3. The number of amides is 2. The van der Waals surface area contributed by atoms with Gasteiger partial charge in [0, 0.05) is 62.1 Å². The standard InChI is InChI=1S/C36H35F3N4O2/c1-41(2)31-17-15-27(16-18-31)23-42(20-19-29-22-40-33-14-7-6-13-32(29)33)34(44)25-43(24-26-9-4-3-5-10-26)35(45)28-11-8-12-30(21-28)36(37,38)39/h3-18,21-22,40H,19-20,23-25H2,1-2H3. The van der Waals surface area contributed by atoms with Gasteiger partial charge in [-0.15, -0.1) is 0 Å². The van der Waals surface area contributed by atoms with Gasteiger partial charge in [-0.2, -0.15) is 13.2 Å². The first-order valence-electron chi connectivity index (χ1n) is 14.7. The van der Waals surface area contributed by atoms with Crippen molar-refractivity contribution in [2.75, 3.05) is 32.1 Å². The molecule has 0 aliphatic heterocycles. The molecular formula is C36H35F3N4O2. The van der Waals surface area contributed by atoms with Crippen LogP contribution in [-0.2, 0) is 30.5 Å². The van der Waals surface area contributed by atoms with E-state index in [9.17, 15) is 22.8 Å². The van der Waals surface area contributed by atoms with Crippen LogP contribution in [0.4, 0.5) is 18.9 Å². The summed E-state index contributed by atoms with van der Waals surface area (Å²) in [5.74, 6) is -0.951. The molecule has 45 heavy (non-hydrogen) atoms. The first-order chi connectivity index (χ1) is 21.6. The third kappa shape index (κ3) is 7.92. The first-order valence-corrected chi connectivity index (χ1v) is 14.7. The molecule has 0 spiro atoms. The van der Waals surface area contributed by atoms with E-state index in [1.807, 2.05) is 104 Å². The van der Waals surface area contributed by atoms with E-state index in [1.54, 1.807) is 4.90 Å². The molecule has 232 valence electrons. The van der Waals surface area contributed by atoms with Gasteiger partial charge in [0.25, 0.3) is 5.91 Å². The second-order valence-corrected chi connectivity index (χ2v) is 11.2. The van der Waals surface area contributed by atoms with E-state index >= 15 is 0 Å². The number of halogens is 3. The summed E-state index contributed by atoms with van der Waals surface area (Å²) >= 11 is 0. The second-order valence-electron chi connectivity index (χ2n) is 11.2. The molecule has 0 fully saturated rings. The molecule has 5 rings (SSSR count). The predicted molar refractivity (Wildman–Crippen MR) is 171 cm³/mol. The quantitative estimate of drug-likeness (QED) is 0.172. The maximum absolute atomic E-state index is 14.0. The Balaban J connectivity index is 1.42. The first kappa shape index (κ1) is 31.4. The molecule has 1 N–H and O–H groups in total. The Labute approximate surface area is 260 Å². The van der Waals surface area contributed by atoms with Crippen molar-refractivity contribution in [3.63, 3.8) is 0 Å². The van der Waals surface area contributed by atoms with E-state index in [2.05, 4.69) is 4.98 Å². The molecule has 0 saturated heterocycles. The number of nitrogens with one attached hydrogen (secondary N) is 1. The smallest absolute Gasteiger partial charge is 0.378 e. The van der Waals surface area contributed by atoms with E-state index in [-0.39, 0.29) is 24.6 Å². The molecule has 9 heteroatoms. The topological polar surface area (TPSA) is 59.7 Å². The zero-order chi connectivity index (χ0) is 32.0. The Morgan fingerprint density at radius 2 is 1.42 bits per heavy atom. The summed E-state index contributed by atoms with van der Waals surface area (Å²) in [4.78, 5) is 36.1. The number of carbonyl (C=O) groups excluding carboxylic acids is 2. The summed E-state index contributed by atoms with van der Waals surface area (Å²) in [7, 11) is 3.91. The third-order valence-corrected chi connectivity index (χ3v) is 7.77. The van der Waals surface area contributed by atoms with Crippen LogP contribution in [0.15, 0.2) is 109 Å². The minimum atomic E-state index is -4.60. The van der Waals surface area contributed by atoms with Crippen molar-refractivity contribution in [1.82, 2.24) is 14.8 Å². The number of H-pyrrole nitrogens is 1. The fourth-order valence-corrected chi connectivity index (χ4v) is 5.28. The molecule has 4 aromatic carbocycles. The summed E-state index contributed by atoms with van der Waals surface area (Å²) in [6.45, 7) is 0.460. The largest absolute Gasteiger partial charge is 0.416 e. The number of rotatable bonds is 11. The van der Waals surface area contributed by atoms with Crippen LogP contribution in [0.1, 0.15) is 32.6 Å². The Bertz CT molecular complexity index is 1750. The molecular weight excluding hydrogens is 577 g/mol. The summed E-state index contributed by atoms with van der Waals surface area (Å²) in [5.41, 5.74) is 3.73. The molecule has 5 aromatic rings. The highest BCUT2D eigenvalue weighted by Gasteiger charge is 2.32. The van der Waals surface area contributed by atoms with Crippen molar-refractivity contribution in [3.05, 3.63) is 137 Å². The van der Waals surface area contributed by atoms with Gasteiger partial charge in [-0.3, -0.25) is 9.59 Å². The lowest BCUT2D eigenvalue weighted by Crippen LogP contribution is -2.43. The van der Waals surface area contributed by atoms with Crippen LogP contribution in [0.5, 0.6) is 0 Å². The molecule has 1 aromatic heterocycles.